The second-order valence-electron chi connectivity index (χ2n) is 3.26. The van der Waals surface area contributed by atoms with E-state index in [4.69, 9.17) is 4.74 Å². The number of carbonyl (C=O) groups excluding carboxylic acids is 1. The molecule has 0 spiro atoms. The lowest BCUT2D eigenvalue weighted by molar-refractivity contribution is 0.217. The number of carbonyl (C=O) groups is 1. The maximum Gasteiger partial charge on any atom is 0.317 e. The number of hydrogen-bond acceptors (Lipinski definition) is 3. The normalized spacial score (nSPS) is 9.53. The van der Waals surface area contributed by atoms with Gasteiger partial charge in [0.2, 0.25) is 5.88 Å². The van der Waals surface area contributed by atoms with E-state index in [0.29, 0.717) is 12.4 Å². The lowest BCUT2D eigenvalue weighted by Crippen LogP contribution is -2.33. The van der Waals surface area contributed by atoms with Crippen LogP contribution in [-0.4, -0.2) is 37.1 Å². The Balaban J connectivity index is 2.54. The summed E-state index contributed by atoms with van der Waals surface area (Å²) in [5.41, 5.74) is 0.956. The van der Waals surface area contributed by atoms with Gasteiger partial charge in [-0.2, -0.15) is 0 Å². The van der Waals surface area contributed by atoms with Gasteiger partial charge in [-0.05, 0) is 11.6 Å². The third-order valence-corrected chi connectivity index (χ3v) is 1.86. The molecule has 0 atom stereocenters. The molecule has 82 valence electrons. The molecule has 5 nitrogen and oxygen atoms in total. The highest BCUT2D eigenvalue weighted by Gasteiger charge is 2.02. The lowest BCUT2D eigenvalue weighted by Gasteiger charge is -2.11. The SMILES string of the molecule is COc1cc(CNC(=O)N(C)C)ccn1. The van der Waals surface area contributed by atoms with Crippen molar-refractivity contribution in [2.75, 3.05) is 21.2 Å². The smallest absolute Gasteiger partial charge is 0.317 e. The Labute approximate surface area is 89.1 Å². The van der Waals surface area contributed by atoms with Gasteiger partial charge >= 0.3 is 6.03 Å². The minimum atomic E-state index is -0.120. The predicted molar refractivity (Wildman–Crippen MR) is 56.7 cm³/mol. The Kier molecular flexibility index (Phi) is 3.91. The molecule has 0 bridgehead atoms. The predicted octanol–water partition coefficient (Wildman–Crippen LogP) is 0.861. The molecule has 1 N–H and O–H groups in total. The van der Waals surface area contributed by atoms with Crippen molar-refractivity contribution in [3.63, 3.8) is 0 Å². The van der Waals surface area contributed by atoms with Crippen molar-refractivity contribution in [2.24, 2.45) is 0 Å². The maximum atomic E-state index is 11.2. The van der Waals surface area contributed by atoms with Crippen molar-refractivity contribution < 1.29 is 9.53 Å². The first kappa shape index (κ1) is 11.3. The van der Waals surface area contributed by atoms with Crippen LogP contribution in [0.15, 0.2) is 18.3 Å². The van der Waals surface area contributed by atoms with Crippen LogP contribution >= 0.6 is 0 Å². The molecule has 5 heteroatoms. The second-order valence-corrected chi connectivity index (χ2v) is 3.26. The zero-order valence-electron chi connectivity index (χ0n) is 9.15. The molecule has 15 heavy (non-hydrogen) atoms. The van der Waals surface area contributed by atoms with E-state index in [1.165, 1.54) is 4.90 Å². The first-order valence-corrected chi connectivity index (χ1v) is 4.57. The molecule has 0 unspecified atom stereocenters. The van der Waals surface area contributed by atoms with E-state index in [-0.39, 0.29) is 6.03 Å². The Morgan fingerprint density at radius 3 is 2.93 bits per heavy atom. The molecular weight excluding hydrogens is 194 g/mol. The van der Waals surface area contributed by atoms with Gasteiger partial charge < -0.3 is 15.0 Å². The third kappa shape index (κ3) is 3.46. The Morgan fingerprint density at radius 2 is 2.33 bits per heavy atom. The van der Waals surface area contributed by atoms with Crippen molar-refractivity contribution >= 4 is 6.03 Å². The third-order valence-electron chi connectivity index (χ3n) is 1.86. The van der Waals surface area contributed by atoms with Crippen molar-refractivity contribution in [1.29, 1.82) is 0 Å². The quantitative estimate of drug-likeness (QED) is 0.803. The van der Waals surface area contributed by atoms with Gasteiger partial charge in [0.1, 0.15) is 0 Å². The minimum Gasteiger partial charge on any atom is -0.481 e. The highest BCUT2D eigenvalue weighted by Crippen LogP contribution is 2.07. The molecule has 0 aliphatic rings. The molecule has 1 aromatic rings. The van der Waals surface area contributed by atoms with Crippen molar-refractivity contribution in [3.8, 4) is 5.88 Å². The van der Waals surface area contributed by atoms with Crippen LogP contribution in [0.25, 0.3) is 0 Å². The summed E-state index contributed by atoms with van der Waals surface area (Å²) < 4.78 is 4.97. The summed E-state index contributed by atoms with van der Waals surface area (Å²) in [4.78, 5) is 16.7. The van der Waals surface area contributed by atoms with Gasteiger partial charge in [0, 0.05) is 32.9 Å². The average Bonchev–Trinajstić information content (AvgIpc) is 2.26. The maximum absolute atomic E-state index is 11.2. The van der Waals surface area contributed by atoms with Crippen molar-refractivity contribution in [1.82, 2.24) is 15.2 Å². The first-order valence-electron chi connectivity index (χ1n) is 4.57. The summed E-state index contributed by atoms with van der Waals surface area (Å²) in [6, 6.07) is 3.50. The van der Waals surface area contributed by atoms with Gasteiger partial charge in [-0.15, -0.1) is 0 Å². The molecule has 0 radical (unpaired) electrons. The molecular formula is C10H15N3O2. The number of methoxy groups -OCH3 is 1. The number of nitrogens with one attached hydrogen (secondary N) is 1. The van der Waals surface area contributed by atoms with E-state index in [9.17, 15) is 4.79 Å². The molecule has 1 aromatic heterocycles. The second kappa shape index (κ2) is 5.19. The number of amides is 2. The molecule has 0 fully saturated rings. The van der Waals surface area contributed by atoms with E-state index in [1.807, 2.05) is 6.07 Å². The number of rotatable bonds is 3. The van der Waals surface area contributed by atoms with E-state index >= 15 is 0 Å². The van der Waals surface area contributed by atoms with Gasteiger partial charge in [0.05, 0.1) is 7.11 Å². The first-order chi connectivity index (χ1) is 7.13. The van der Waals surface area contributed by atoms with Crippen LogP contribution in [0.5, 0.6) is 5.88 Å². The molecule has 0 aliphatic heterocycles. The van der Waals surface area contributed by atoms with E-state index in [1.54, 1.807) is 33.5 Å². The van der Waals surface area contributed by atoms with Crippen LogP contribution in [-0.2, 0) is 6.54 Å². The standard InChI is InChI=1S/C10H15N3O2/c1-13(2)10(14)12-7-8-4-5-11-9(6-8)15-3/h4-6H,7H2,1-3H3,(H,12,14). The minimum absolute atomic E-state index is 0.120. The number of pyridine rings is 1. The van der Waals surface area contributed by atoms with Gasteiger partial charge in [-0.1, -0.05) is 0 Å². The van der Waals surface area contributed by atoms with Gasteiger partial charge in [0.15, 0.2) is 0 Å². The molecule has 1 heterocycles. The van der Waals surface area contributed by atoms with Crippen molar-refractivity contribution in [3.05, 3.63) is 23.9 Å². The summed E-state index contributed by atoms with van der Waals surface area (Å²) in [6.45, 7) is 0.468. The molecule has 1 rings (SSSR count). The molecule has 0 aliphatic carbocycles. The number of aromatic nitrogens is 1. The lowest BCUT2D eigenvalue weighted by atomic mass is 10.2. The van der Waals surface area contributed by atoms with E-state index < -0.39 is 0 Å². The summed E-state index contributed by atoms with van der Waals surface area (Å²) in [5, 5.41) is 2.75. The molecule has 0 aromatic carbocycles. The van der Waals surface area contributed by atoms with Crippen molar-refractivity contribution in [2.45, 2.75) is 6.54 Å². The van der Waals surface area contributed by atoms with Crippen LogP contribution in [0.1, 0.15) is 5.56 Å². The Bertz CT molecular complexity index is 339. The van der Waals surface area contributed by atoms with Crippen LogP contribution in [0.2, 0.25) is 0 Å². The van der Waals surface area contributed by atoms with E-state index in [2.05, 4.69) is 10.3 Å². The van der Waals surface area contributed by atoms with Crippen LogP contribution in [0, 0.1) is 0 Å². The number of nitrogens with zero attached hydrogens (tertiary/aromatic N) is 2. The average molecular weight is 209 g/mol. The zero-order valence-corrected chi connectivity index (χ0v) is 9.15. The summed E-state index contributed by atoms with van der Waals surface area (Å²) >= 11 is 0. The molecule has 0 saturated carbocycles. The molecule has 0 saturated heterocycles. The monoisotopic (exact) mass is 209 g/mol. The van der Waals surface area contributed by atoms with Crippen LogP contribution < -0.4 is 10.1 Å². The highest BCUT2D eigenvalue weighted by molar-refractivity contribution is 5.73. The number of ether oxygens (including phenoxy) is 1. The Hall–Kier alpha value is -1.78. The Morgan fingerprint density at radius 1 is 1.60 bits per heavy atom. The fraction of sp³-hybridized carbons (Fsp3) is 0.400. The fourth-order valence-corrected chi connectivity index (χ4v) is 1.01. The fourth-order valence-electron chi connectivity index (χ4n) is 1.01. The van der Waals surface area contributed by atoms with Gasteiger partial charge in [-0.3, -0.25) is 0 Å². The summed E-state index contributed by atoms with van der Waals surface area (Å²) in [7, 11) is 4.95. The zero-order chi connectivity index (χ0) is 11.3. The van der Waals surface area contributed by atoms with E-state index in [0.717, 1.165) is 5.56 Å². The topological polar surface area (TPSA) is 54.5 Å². The largest absolute Gasteiger partial charge is 0.481 e. The number of hydrogen-bond donors (Lipinski definition) is 1. The highest BCUT2D eigenvalue weighted by atomic mass is 16.5. The summed E-state index contributed by atoms with van der Waals surface area (Å²) in [6.07, 6.45) is 1.65. The van der Waals surface area contributed by atoms with Crippen LogP contribution in [0.4, 0.5) is 4.79 Å². The van der Waals surface area contributed by atoms with Gasteiger partial charge in [-0.25, -0.2) is 9.78 Å². The summed E-state index contributed by atoms with van der Waals surface area (Å²) in [5.74, 6) is 0.548. The van der Waals surface area contributed by atoms with Gasteiger partial charge in [0.25, 0.3) is 0 Å². The van der Waals surface area contributed by atoms with Crippen LogP contribution in [0.3, 0.4) is 0 Å². The molecule has 2 amide bonds. The number of urea groups is 1.